The van der Waals surface area contributed by atoms with Crippen LogP contribution >= 0.6 is 0 Å². The Balaban J connectivity index is 2.21. The van der Waals surface area contributed by atoms with E-state index in [-0.39, 0.29) is 28.8 Å². The maximum atomic E-state index is 13.8. The zero-order chi connectivity index (χ0) is 15.1. The van der Waals surface area contributed by atoms with E-state index in [1.54, 1.807) is 0 Å². The molecule has 1 aliphatic heterocycles. The van der Waals surface area contributed by atoms with Gasteiger partial charge in [-0.1, -0.05) is 0 Å². The quantitative estimate of drug-likeness (QED) is 0.858. The molecule has 0 aromatic carbocycles. The molecule has 1 atom stereocenters. The van der Waals surface area contributed by atoms with Crippen molar-refractivity contribution >= 4 is 5.97 Å². The zero-order valence-corrected chi connectivity index (χ0v) is 11.0. The summed E-state index contributed by atoms with van der Waals surface area (Å²) in [5.74, 6) is -3.30. The Hall–Kier alpha value is -2.51. The number of nitrogens with zero attached hydrogens (tertiary/aromatic N) is 3. The van der Waals surface area contributed by atoms with Crippen LogP contribution < -0.4 is 4.74 Å². The fourth-order valence-electron chi connectivity index (χ4n) is 2.24. The molecule has 2 aromatic heterocycles. The molecule has 2 aromatic rings. The smallest absolute Gasteiger partial charge is 0.343 e. The third kappa shape index (κ3) is 2.22. The van der Waals surface area contributed by atoms with Gasteiger partial charge in [0.25, 0.3) is 0 Å². The SMILES string of the molecule is C[C@@H]1CCn2nc(-c3ccc(F)nc3F)c(C(=O)O)c2O1. The summed E-state index contributed by atoms with van der Waals surface area (Å²) >= 11 is 0. The second-order valence-corrected chi connectivity index (χ2v) is 4.75. The molecule has 0 fully saturated rings. The number of aryl methyl sites for hydroxylation is 1. The van der Waals surface area contributed by atoms with Crippen molar-refractivity contribution in [1.82, 2.24) is 14.8 Å². The van der Waals surface area contributed by atoms with Crippen LogP contribution in [0.15, 0.2) is 12.1 Å². The van der Waals surface area contributed by atoms with Crippen molar-refractivity contribution in [3.05, 3.63) is 29.6 Å². The summed E-state index contributed by atoms with van der Waals surface area (Å²) in [6.45, 7) is 2.27. The first-order valence-corrected chi connectivity index (χ1v) is 6.30. The number of ether oxygens (including phenoxy) is 1. The molecular formula is C13H11F2N3O3. The first-order valence-electron chi connectivity index (χ1n) is 6.30. The van der Waals surface area contributed by atoms with Crippen LogP contribution in [-0.4, -0.2) is 31.9 Å². The van der Waals surface area contributed by atoms with Gasteiger partial charge in [0.15, 0.2) is 0 Å². The fourth-order valence-corrected chi connectivity index (χ4v) is 2.24. The van der Waals surface area contributed by atoms with Crippen LogP contribution in [0.2, 0.25) is 0 Å². The van der Waals surface area contributed by atoms with Gasteiger partial charge in [-0.15, -0.1) is 0 Å². The van der Waals surface area contributed by atoms with E-state index in [0.29, 0.717) is 13.0 Å². The van der Waals surface area contributed by atoms with E-state index in [2.05, 4.69) is 10.1 Å². The van der Waals surface area contributed by atoms with Gasteiger partial charge >= 0.3 is 5.97 Å². The van der Waals surface area contributed by atoms with Gasteiger partial charge in [-0.05, 0) is 19.1 Å². The Morgan fingerprint density at radius 3 is 2.90 bits per heavy atom. The van der Waals surface area contributed by atoms with Gasteiger partial charge in [-0.25, -0.2) is 9.48 Å². The molecule has 21 heavy (non-hydrogen) atoms. The van der Waals surface area contributed by atoms with Gasteiger partial charge in [-0.3, -0.25) is 0 Å². The van der Waals surface area contributed by atoms with Crippen LogP contribution in [0.1, 0.15) is 23.7 Å². The number of carbonyl (C=O) groups is 1. The summed E-state index contributed by atoms with van der Waals surface area (Å²) in [5, 5.41) is 13.4. The predicted octanol–water partition coefficient (Wildman–Crippen LogP) is 2.09. The maximum absolute atomic E-state index is 13.8. The minimum Gasteiger partial charge on any atom is -0.477 e. The monoisotopic (exact) mass is 295 g/mol. The summed E-state index contributed by atoms with van der Waals surface area (Å²) in [7, 11) is 0. The average molecular weight is 295 g/mol. The van der Waals surface area contributed by atoms with Gasteiger partial charge in [0.2, 0.25) is 17.8 Å². The van der Waals surface area contributed by atoms with Gasteiger partial charge in [0.05, 0.1) is 11.7 Å². The molecule has 0 aliphatic carbocycles. The molecule has 0 radical (unpaired) electrons. The van der Waals surface area contributed by atoms with Crippen molar-refractivity contribution in [2.75, 3.05) is 0 Å². The Kier molecular flexibility index (Phi) is 3.08. The minimum atomic E-state index is -1.29. The molecular weight excluding hydrogens is 284 g/mol. The lowest BCUT2D eigenvalue weighted by Crippen LogP contribution is -2.24. The highest BCUT2D eigenvalue weighted by molar-refractivity contribution is 5.97. The van der Waals surface area contributed by atoms with Gasteiger partial charge in [-0.2, -0.15) is 18.9 Å². The minimum absolute atomic E-state index is 0.0833. The molecule has 0 unspecified atom stereocenters. The number of carboxylic acid groups (broad SMARTS) is 1. The number of hydrogen-bond acceptors (Lipinski definition) is 4. The van der Waals surface area contributed by atoms with Crippen LogP contribution in [0, 0.1) is 11.9 Å². The van der Waals surface area contributed by atoms with E-state index in [4.69, 9.17) is 4.74 Å². The van der Waals surface area contributed by atoms with Crippen LogP contribution in [0.4, 0.5) is 8.78 Å². The van der Waals surface area contributed by atoms with Gasteiger partial charge < -0.3 is 9.84 Å². The number of fused-ring (bicyclic) bond motifs is 1. The molecule has 1 N–H and O–H groups in total. The van der Waals surface area contributed by atoms with E-state index in [1.165, 1.54) is 4.68 Å². The zero-order valence-electron chi connectivity index (χ0n) is 11.0. The van der Waals surface area contributed by atoms with Crippen LogP contribution in [-0.2, 0) is 6.54 Å². The molecule has 0 saturated carbocycles. The molecule has 3 heterocycles. The van der Waals surface area contributed by atoms with Crippen molar-refractivity contribution in [2.24, 2.45) is 0 Å². The van der Waals surface area contributed by atoms with E-state index in [0.717, 1.165) is 12.1 Å². The highest BCUT2D eigenvalue weighted by atomic mass is 19.1. The Morgan fingerprint density at radius 2 is 2.24 bits per heavy atom. The van der Waals surface area contributed by atoms with Crippen molar-refractivity contribution in [3.8, 4) is 17.1 Å². The third-order valence-electron chi connectivity index (χ3n) is 3.25. The van der Waals surface area contributed by atoms with Crippen molar-refractivity contribution < 1.29 is 23.4 Å². The predicted molar refractivity (Wildman–Crippen MR) is 67.0 cm³/mol. The van der Waals surface area contributed by atoms with Crippen LogP contribution in [0.5, 0.6) is 5.88 Å². The average Bonchev–Trinajstić information content (AvgIpc) is 2.76. The fraction of sp³-hybridized carbons (Fsp3) is 0.308. The molecule has 6 nitrogen and oxygen atoms in total. The molecule has 0 spiro atoms. The lowest BCUT2D eigenvalue weighted by atomic mass is 10.1. The number of aromatic carboxylic acids is 1. The lowest BCUT2D eigenvalue weighted by Gasteiger charge is -2.21. The maximum Gasteiger partial charge on any atom is 0.343 e. The highest BCUT2D eigenvalue weighted by Gasteiger charge is 2.31. The second-order valence-electron chi connectivity index (χ2n) is 4.75. The van der Waals surface area contributed by atoms with Gasteiger partial charge in [0, 0.05) is 13.0 Å². The number of halogens is 2. The molecule has 0 amide bonds. The van der Waals surface area contributed by atoms with Crippen LogP contribution in [0.25, 0.3) is 11.3 Å². The molecule has 8 heteroatoms. The number of pyridine rings is 1. The normalized spacial score (nSPS) is 17.2. The second kappa shape index (κ2) is 4.80. The van der Waals surface area contributed by atoms with E-state index >= 15 is 0 Å². The largest absolute Gasteiger partial charge is 0.477 e. The van der Waals surface area contributed by atoms with Crippen molar-refractivity contribution in [2.45, 2.75) is 26.0 Å². The molecule has 0 saturated heterocycles. The van der Waals surface area contributed by atoms with E-state index in [9.17, 15) is 18.7 Å². The van der Waals surface area contributed by atoms with Gasteiger partial charge in [0.1, 0.15) is 11.3 Å². The summed E-state index contributed by atoms with van der Waals surface area (Å²) in [6, 6.07) is 2.06. The van der Waals surface area contributed by atoms with Crippen molar-refractivity contribution in [3.63, 3.8) is 0 Å². The third-order valence-corrected chi connectivity index (χ3v) is 3.25. The first-order chi connectivity index (χ1) is 9.97. The first kappa shape index (κ1) is 13.5. The number of aromatic nitrogens is 3. The molecule has 0 bridgehead atoms. The molecule has 3 rings (SSSR count). The summed E-state index contributed by atoms with van der Waals surface area (Å²) in [6.07, 6.45) is 0.508. The molecule has 110 valence electrons. The highest BCUT2D eigenvalue weighted by Crippen LogP contribution is 2.34. The Labute approximate surface area is 118 Å². The van der Waals surface area contributed by atoms with E-state index < -0.39 is 17.9 Å². The lowest BCUT2D eigenvalue weighted by molar-refractivity contribution is 0.0684. The summed E-state index contributed by atoms with van der Waals surface area (Å²) in [5.41, 5.74) is -0.530. The van der Waals surface area contributed by atoms with Crippen molar-refractivity contribution in [1.29, 1.82) is 0 Å². The summed E-state index contributed by atoms with van der Waals surface area (Å²) < 4.78 is 33.5. The number of rotatable bonds is 2. The Bertz CT molecular complexity index is 730. The number of hydrogen-bond donors (Lipinski definition) is 1. The number of carboxylic acids is 1. The molecule has 1 aliphatic rings. The topological polar surface area (TPSA) is 77.2 Å². The van der Waals surface area contributed by atoms with Crippen LogP contribution in [0.3, 0.4) is 0 Å². The summed E-state index contributed by atoms with van der Waals surface area (Å²) in [4.78, 5) is 14.5. The Morgan fingerprint density at radius 1 is 1.48 bits per heavy atom. The van der Waals surface area contributed by atoms with E-state index in [1.807, 2.05) is 6.92 Å². The standard InChI is InChI=1S/C13H11F2N3O3/c1-6-4-5-18-12(21-6)9(13(19)20)10(17-18)7-2-3-8(14)16-11(7)15/h2-3,6H,4-5H2,1H3,(H,19,20)/t6-/m1/s1.